The number of ether oxygens (including phenoxy) is 2. The van der Waals surface area contributed by atoms with Crippen molar-refractivity contribution in [2.24, 2.45) is 0 Å². The first-order chi connectivity index (χ1) is 9.22. The highest BCUT2D eigenvalue weighted by Crippen LogP contribution is 2.28. The van der Waals surface area contributed by atoms with E-state index in [2.05, 4.69) is 4.98 Å². The SMILES string of the molecule is COC(OC)c1csc(CSc2cccc(Cl)c2)n1. The molecule has 0 aliphatic rings. The Labute approximate surface area is 125 Å². The summed E-state index contributed by atoms with van der Waals surface area (Å²) < 4.78 is 10.4. The number of benzene rings is 1. The van der Waals surface area contributed by atoms with E-state index in [-0.39, 0.29) is 6.29 Å². The van der Waals surface area contributed by atoms with Crippen LogP contribution in [0.5, 0.6) is 0 Å². The molecular weight excluding hydrogens is 302 g/mol. The van der Waals surface area contributed by atoms with Crippen LogP contribution in [0.25, 0.3) is 0 Å². The molecule has 3 nitrogen and oxygen atoms in total. The summed E-state index contributed by atoms with van der Waals surface area (Å²) >= 11 is 9.27. The molecule has 0 unspecified atom stereocenters. The normalized spacial score (nSPS) is 11.2. The maximum atomic E-state index is 5.95. The number of nitrogens with zero attached hydrogens (tertiary/aromatic N) is 1. The zero-order valence-electron chi connectivity index (χ0n) is 10.6. The Balaban J connectivity index is 1.97. The Morgan fingerprint density at radius 1 is 1.37 bits per heavy atom. The summed E-state index contributed by atoms with van der Waals surface area (Å²) in [5.41, 5.74) is 0.816. The van der Waals surface area contributed by atoms with Gasteiger partial charge in [0.1, 0.15) is 10.7 Å². The number of rotatable bonds is 6. The minimum absolute atomic E-state index is 0.388. The molecule has 0 saturated heterocycles. The fourth-order valence-corrected chi connectivity index (χ4v) is 3.56. The molecule has 1 heterocycles. The van der Waals surface area contributed by atoms with Gasteiger partial charge < -0.3 is 9.47 Å². The topological polar surface area (TPSA) is 31.4 Å². The van der Waals surface area contributed by atoms with Gasteiger partial charge in [0, 0.05) is 29.5 Å². The second-order valence-electron chi connectivity index (χ2n) is 3.72. The van der Waals surface area contributed by atoms with E-state index in [1.54, 1.807) is 37.3 Å². The fraction of sp³-hybridized carbons (Fsp3) is 0.308. The Bertz CT molecular complexity index is 529. The number of methoxy groups -OCH3 is 2. The fourth-order valence-electron chi connectivity index (χ4n) is 1.54. The second kappa shape index (κ2) is 7.26. The number of halogens is 1. The number of thiazole rings is 1. The standard InChI is InChI=1S/C13H14ClNO2S2/c1-16-13(17-2)11-7-19-12(15-11)8-18-10-5-3-4-9(14)6-10/h3-7,13H,8H2,1-2H3. The second-order valence-corrected chi connectivity index (χ2v) is 6.14. The van der Waals surface area contributed by atoms with Crippen molar-refractivity contribution < 1.29 is 9.47 Å². The van der Waals surface area contributed by atoms with Crippen molar-refractivity contribution in [3.63, 3.8) is 0 Å². The first kappa shape index (κ1) is 14.8. The van der Waals surface area contributed by atoms with E-state index in [1.165, 1.54) is 0 Å². The number of thioether (sulfide) groups is 1. The van der Waals surface area contributed by atoms with Crippen LogP contribution < -0.4 is 0 Å². The maximum absolute atomic E-state index is 5.95. The molecule has 0 radical (unpaired) electrons. The zero-order valence-corrected chi connectivity index (χ0v) is 13.0. The van der Waals surface area contributed by atoms with Crippen molar-refractivity contribution >= 4 is 34.7 Å². The lowest BCUT2D eigenvalue weighted by Gasteiger charge is -2.09. The third kappa shape index (κ3) is 4.19. The van der Waals surface area contributed by atoms with E-state index in [0.717, 1.165) is 26.4 Å². The van der Waals surface area contributed by atoms with E-state index in [0.29, 0.717) is 0 Å². The van der Waals surface area contributed by atoms with Crippen LogP contribution >= 0.6 is 34.7 Å². The molecule has 0 fully saturated rings. The summed E-state index contributed by atoms with van der Waals surface area (Å²) in [6, 6.07) is 7.81. The van der Waals surface area contributed by atoms with E-state index >= 15 is 0 Å². The molecule has 0 aliphatic heterocycles. The van der Waals surface area contributed by atoms with Crippen molar-refractivity contribution in [2.75, 3.05) is 14.2 Å². The molecule has 0 N–H and O–H groups in total. The monoisotopic (exact) mass is 315 g/mol. The molecule has 0 aliphatic carbocycles. The molecule has 0 atom stereocenters. The van der Waals surface area contributed by atoms with Gasteiger partial charge in [0.2, 0.25) is 6.29 Å². The van der Waals surface area contributed by atoms with Gasteiger partial charge in [-0.05, 0) is 18.2 Å². The molecule has 6 heteroatoms. The number of hydrogen-bond acceptors (Lipinski definition) is 5. The van der Waals surface area contributed by atoms with E-state index in [9.17, 15) is 0 Å². The van der Waals surface area contributed by atoms with E-state index < -0.39 is 0 Å². The van der Waals surface area contributed by atoms with E-state index in [4.69, 9.17) is 21.1 Å². The van der Waals surface area contributed by atoms with Crippen molar-refractivity contribution in [2.45, 2.75) is 16.9 Å². The molecule has 2 aromatic rings. The summed E-state index contributed by atoms with van der Waals surface area (Å²) in [7, 11) is 3.21. The van der Waals surface area contributed by atoms with Crippen LogP contribution in [0.4, 0.5) is 0 Å². The minimum atomic E-state index is -0.388. The van der Waals surface area contributed by atoms with Gasteiger partial charge in [-0.2, -0.15) is 0 Å². The Morgan fingerprint density at radius 3 is 2.84 bits per heavy atom. The molecular formula is C13H14ClNO2S2. The first-order valence-corrected chi connectivity index (χ1v) is 7.85. The van der Waals surface area contributed by atoms with Crippen LogP contribution in [0.15, 0.2) is 34.5 Å². The lowest BCUT2D eigenvalue weighted by Crippen LogP contribution is -2.03. The van der Waals surface area contributed by atoms with Crippen molar-refractivity contribution in [1.29, 1.82) is 0 Å². The predicted molar refractivity (Wildman–Crippen MR) is 79.9 cm³/mol. The lowest BCUT2D eigenvalue weighted by molar-refractivity contribution is -0.108. The highest BCUT2D eigenvalue weighted by Gasteiger charge is 2.13. The number of hydrogen-bond donors (Lipinski definition) is 0. The highest BCUT2D eigenvalue weighted by molar-refractivity contribution is 7.98. The first-order valence-electron chi connectivity index (χ1n) is 5.61. The molecule has 19 heavy (non-hydrogen) atoms. The Kier molecular flexibility index (Phi) is 5.66. The quantitative estimate of drug-likeness (QED) is 0.585. The van der Waals surface area contributed by atoms with Gasteiger partial charge in [0.25, 0.3) is 0 Å². The summed E-state index contributed by atoms with van der Waals surface area (Å²) in [5, 5.41) is 3.76. The average Bonchev–Trinajstić information content (AvgIpc) is 2.87. The molecule has 1 aromatic carbocycles. The minimum Gasteiger partial charge on any atom is -0.350 e. The average molecular weight is 316 g/mol. The third-order valence-corrected chi connectivity index (χ3v) is 4.69. The lowest BCUT2D eigenvalue weighted by atomic mass is 10.4. The molecule has 102 valence electrons. The predicted octanol–water partition coefficient (Wildman–Crippen LogP) is 4.38. The summed E-state index contributed by atoms with van der Waals surface area (Å²) in [6.07, 6.45) is -0.388. The van der Waals surface area contributed by atoms with Gasteiger partial charge >= 0.3 is 0 Å². The Hall–Kier alpha value is -0.590. The van der Waals surface area contributed by atoms with Crippen molar-refractivity contribution in [3.8, 4) is 0 Å². The maximum Gasteiger partial charge on any atom is 0.201 e. The van der Waals surface area contributed by atoms with Crippen molar-refractivity contribution in [3.05, 3.63) is 45.4 Å². The van der Waals surface area contributed by atoms with Gasteiger partial charge in [0.05, 0.1) is 5.75 Å². The van der Waals surface area contributed by atoms with Crippen LogP contribution in [0.2, 0.25) is 5.02 Å². The summed E-state index contributed by atoms with van der Waals surface area (Å²) in [4.78, 5) is 5.64. The van der Waals surface area contributed by atoms with Crippen LogP contribution in [0, 0.1) is 0 Å². The smallest absolute Gasteiger partial charge is 0.201 e. The number of aromatic nitrogens is 1. The van der Waals surface area contributed by atoms with Crippen LogP contribution in [0.1, 0.15) is 17.0 Å². The van der Waals surface area contributed by atoms with Gasteiger partial charge in [-0.1, -0.05) is 17.7 Å². The van der Waals surface area contributed by atoms with Crippen molar-refractivity contribution in [1.82, 2.24) is 4.98 Å². The van der Waals surface area contributed by atoms with Gasteiger partial charge in [-0.15, -0.1) is 23.1 Å². The summed E-state index contributed by atoms with van der Waals surface area (Å²) in [6.45, 7) is 0. The van der Waals surface area contributed by atoms with Crippen LogP contribution in [-0.2, 0) is 15.2 Å². The van der Waals surface area contributed by atoms with Crippen LogP contribution in [0.3, 0.4) is 0 Å². The zero-order chi connectivity index (χ0) is 13.7. The third-order valence-electron chi connectivity index (χ3n) is 2.40. The molecule has 0 bridgehead atoms. The van der Waals surface area contributed by atoms with E-state index in [1.807, 2.05) is 29.6 Å². The molecule has 2 rings (SSSR count). The molecule has 1 aromatic heterocycles. The van der Waals surface area contributed by atoms with Gasteiger partial charge in [-0.25, -0.2) is 4.98 Å². The van der Waals surface area contributed by atoms with Crippen LogP contribution in [-0.4, -0.2) is 19.2 Å². The molecule has 0 saturated carbocycles. The summed E-state index contributed by atoms with van der Waals surface area (Å²) in [5.74, 6) is 0.811. The molecule has 0 spiro atoms. The van der Waals surface area contributed by atoms with Gasteiger partial charge in [0.15, 0.2) is 0 Å². The van der Waals surface area contributed by atoms with Gasteiger partial charge in [-0.3, -0.25) is 0 Å². The largest absolute Gasteiger partial charge is 0.350 e. The molecule has 0 amide bonds. The Morgan fingerprint density at radius 2 is 2.16 bits per heavy atom. The highest BCUT2D eigenvalue weighted by atomic mass is 35.5.